The first kappa shape index (κ1) is 11.6. The molecule has 1 aromatic heterocycles. The van der Waals surface area contributed by atoms with Crippen molar-refractivity contribution in [2.45, 2.75) is 9.79 Å². The number of rotatable bonds is 2. The molecule has 0 aliphatic rings. The summed E-state index contributed by atoms with van der Waals surface area (Å²) < 4.78 is 0. The minimum Gasteiger partial charge on any atom is -0.360 e. The molecule has 0 saturated carbocycles. The fourth-order valence-electron chi connectivity index (χ4n) is 2.49. The molecule has 0 bridgehead atoms. The third kappa shape index (κ3) is 1.98. The second kappa shape index (κ2) is 4.73. The largest absolute Gasteiger partial charge is 0.360 e. The molecule has 0 aliphatic heterocycles. The lowest BCUT2D eigenvalue weighted by Gasteiger charge is -2.03. The molecule has 0 fully saturated rings. The number of para-hydroxylation sites is 1. The van der Waals surface area contributed by atoms with E-state index in [0.29, 0.717) is 0 Å². The summed E-state index contributed by atoms with van der Waals surface area (Å²) in [7, 11) is 0. The molecule has 2 heteroatoms. The van der Waals surface area contributed by atoms with Gasteiger partial charge in [0.05, 0.1) is 0 Å². The average molecular weight is 275 g/mol. The van der Waals surface area contributed by atoms with Crippen LogP contribution in [0.5, 0.6) is 0 Å². The summed E-state index contributed by atoms with van der Waals surface area (Å²) in [5.74, 6) is 0. The lowest BCUT2D eigenvalue weighted by molar-refractivity contribution is 1.40. The maximum Gasteiger partial charge on any atom is 0.0465 e. The van der Waals surface area contributed by atoms with Crippen LogP contribution in [-0.2, 0) is 0 Å². The predicted molar refractivity (Wildman–Crippen MR) is 86.4 cm³/mol. The van der Waals surface area contributed by atoms with Crippen molar-refractivity contribution < 1.29 is 0 Å². The third-order valence-electron chi connectivity index (χ3n) is 3.50. The van der Waals surface area contributed by atoms with E-state index < -0.39 is 0 Å². The Morgan fingerprint density at radius 2 is 1.55 bits per heavy atom. The number of hydrogen-bond acceptors (Lipinski definition) is 1. The van der Waals surface area contributed by atoms with E-state index in [1.54, 1.807) is 0 Å². The van der Waals surface area contributed by atoms with Crippen LogP contribution in [0, 0.1) is 0 Å². The minimum atomic E-state index is 1.19. The van der Waals surface area contributed by atoms with E-state index in [0.717, 1.165) is 0 Å². The highest BCUT2D eigenvalue weighted by atomic mass is 32.2. The zero-order valence-corrected chi connectivity index (χ0v) is 11.7. The molecule has 0 spiro atoms. The summed E-state index contributed by atoms with van der Waals surface area (Å²) in [6.07, 6.45) is 2.09. The van der Waals surface area contributed by atoms with Gasteiger partial charge in [-0.05, 0) is 29.0 Å². The molecule has 4 rings (SSSR count). The van der Waals surface area contributed by atoms with E-state index in [1.807, 2.05) is 11.8 Å². The van der Waals surface area contributed by atoms with Crippen molar-refractivity contribution in [3.63, 3.8) is 0 Å². The normalized spacial score (nSPS) is 11.2. The van der Waals surface area contributed by atoms with Crippen LogP contribution in [0.15, 0.2) is 82.7 Å². The Labute approximate surface area is 121 Å². The van der Waals surface area contributed by atoms with Crippen molar-refractivity contribution in [2.75, 3.05) is 0 Å². The Kier molecular flexibility index (Phi) is 2.75. The summed E-state index contributed by atoms with van der Waals surface area (Å²) >= 11 is 1.81. The highest BCUT2D eigenvalue weighted by Gasteiger charge is 2.05. The number of fused-ring (bicyclic) bond motifs is 2. The highest BCUT2D eigenvalue weighted by Crippen LogP contribution is 2.34. The summed E-state index contributed by atoms with van der Waals surface area (Å²) in [6, 6.07) is 23.5. The van der Waals surface area contributed by atoms with Crippen molar-refractivity contribution in [1.82, 2.24) is 4.98 Å². The monoisotopic (exact) mass is 275 g/mol. The molecular formula is C18H13NS. The van der Waals surface area contributed by atoms with Crippen LogP contribution >= 0.6 is 11.8 Å². The lowest BCUT2D eigenvalue weighted by atomic mass is 10.1. The second-order valence-corrected chi connectivity index (χ2v) is 5.92. The number of aromatic nitrogens is 1. The van der Waals surface area contributed by atoms with Gasteiger partial charge in [0.2, 0.25) is 0 Å². The molecule has 0 unspecified atom stereocenters. The van der Waals surface area contributed by atoms with E-state index in [2.05, 4.69) is 77.9 Å². The topological polar surface area (TPSA) is 15.8 Å². The molecule has 0 radical (unpaired) electrons. The van der Waals surface area contributed by atoms with Gasteiger partial charge in [0.1, 0.15) is 0 Å². The Morgan fingerprint density at radius 1 is 0.750 bits per heavy atom. The van der Waals surface area contributed by atoms with Crippen LogP contribution < -0.4 is 0 Å². The number of nitrogens with one attached hydrogen (secondary N) is 1. The fourth-order valence-corrected chi connectivity index (χ4v) is 3.47. The molecule has 1 heterocycles. The van der Waals surface area contributed by atoms with Gasteiger partial charge in [-0.25, -0.2) is 0 Å². The molecule has 96 valence electrons. The van der Waals surface area contributed by atoms with Crippen LogP contribution in [0.1, 0.15) is 0 Å². The molecule has 20 heavy (non-hydrogen) atoms. The van der Waals surface area contributed by atoms with Crippen LogP contribution in [0.4, 0.5) is 0 Å². The van der Waals surface area contributed by atoms with Gasteiger partial charge < -0.3 is 4.98 Å². The summed E-state index contributed by atoms with van der Waals surface area (Å²) in [5, 5.41) is 3.86. The first-order valence-corrected chi connectivity index (χ1v) is 7.44. The van der Waals surface area contributed by atoms with E-state index in [4.69, 9.17) is 0 Å². The first-order chi connectivity index (χ1) is 9.90. The molecule has 4 aromatic rings. The van der Waals surface area contributed by atoms with Gasteiger partial charge in [-0.2, -0.15) is 0 Å². The van der Waals surface area contributed by atoms with Crippen LogP contribution in [0.2, 0.25) is 0 Å². The molecule has 3 aromatic carbocycles. The van der Waals surface area contributed by atoms with E-state index >= 15 is 0 Å². The van der Waals surface area contributed by atoms with E-state index in [-0.39, 0.29) is 0 Å². The average Bonchev–Trinajstić information content (AvgIpc) is 2.91. The quantitative estimate of drug-likeness (QED) is 0.512. The number of H-pyrrole nitrogens is 1. The number of benzene rings is 3. The zero-order chi connectivity index (χ0) is 13.4. The standard InChI is InChI=1S/C18H13NS/c1-2-6-14-11-15(10-9-13(14)5-1)20-18-12-19-17-8-4-3-7-16(17)18/h1-12,19H. The molecule has 0 aliphatic carbocycles. The van der Waals surface area contributed by atoms with Crippen molar-refractivity contribution in [3.8, 4) is 0 Å². The lowest BCUT2D eigenvalue weighted by Crippen LogP contribution is -1.75. The van der Waals surface area contributed by atoms with Gasteiger partial charge in [0.25, 0.3) is 0 Å². The zero-order valence-electron chi connectivity index (χ0n) is 10.8. The number of hydrogen-bond donors (Lipinski definition) is 1. The minimum absolute atomic E-state index is 1.19. The summed E-state index contributed by atoms with van der Waals surface area (Å²) in [6.45, 7) is 0. The predicted octanol–water partition coefficient (Wildman–Crippen LogP) is 5.47. The van der Waals surface area contributed by atoms with Crippen molar-refractivity contribution >= 4 is 33.4 Å². The maximum absolute atomic E-state index is 3.32. The smallest absolute Gasteiger partial charge is 0.0465 e. The van der Waals surface area contributed by atoms with Gasteiger partial charge >= 0.3 is 0 Å². The molecule has 1 nitrogen and oxygen atoms in total. The van der Waals surface area contributed by atoms with Gasteiger partial charge in [0, 0.05) is 26.9 Å². The fraction of sp³-hybridized carbons (Fsp3) is 0. The Morgan fingerprint density at radius 3 is 2.50 bits per heavy atom. The van der Waals surface area contributed by atoms with E-state index in [1.165, 1.54) is 31.5 Å². The highest BCUT2D eigenvalue weighted by molar-refractivity contribution is 7.99. The van der Waals surface area contributed by atoms with Gasteiger partial charge in [-0.3, -0.25) is 0 Å². The van der Waals surface area contributed by atoms with Crippen molar-refractivity contribution in [1.29, 1.82) is 0 Å². The van der Waals surface area contributed by atoms with Crippen LogP contribution in [0.25, 0.3) is 21.7 Å². The maximum atomic E-state index is 3.32. The van der Waals surface area contributed by atoms with Crippen LogP contribution in [0.3, 0.4) is 0 Å². The van der Waals surface area contributed by atoms with E-state index in [9.17, 15) is 0 Å². The van der Waals surface area contributed by atoms with Crippen molar-refractivity contribution in [3.05, 3.63) is 72.9 Å². The molecule has 0 saturated heterocycles. The molecule has 0 atom stereocenters. The Hall–Kier alpha value is -2.19. The Balaban J connectivity index is 1.76. The number of aromatic amines is 1. The third-order valence-corrected chi connectivity index (χ3v) is 4.55. The van der Waals surface area contributed by atoms with Gasteiger partial charge in [-0.1, -0.05) is 60.3 Å². The molecule has 0 amide bonds. The van der Waals surface area contributed by atoms with Crippen LogP contribution in [-0.4, -0.2) is 4.98 Å². The molecule has 1 N–H and O–H groups in total. The first-order valence-electron chi connectivity index (χ1n) is 6.63. The molecular weight excluding hydrogens is 262 g/mol. The SMILES string of the molecule is c1ccc2cc(Sc3c[nH]c4ccccc34)ccc2c1. The van der Waals surface area contributed by atoms with Gasteiger partial charge in [-0.15, -0.1) is 0 Å². The van der Waals surface area contributed by atoms with Gasteiger partial charge in [0.15, 0.2) is 0 Å². The Bertz CT molecular complexity index is 892. The summed E-state index contributed by atoms with van der Waals surface area (Å²) in [5.41, 5.74) is 1.19. The van der Waals surface area contributed by atoms with Crippen molar-refractivity contribution in [2.24, 2.45) is 0 Å². The summed E-state index contributed by atoms with van der Waals surface area (Å²) in [4.78, 5) is 5.87. The second-order valence-electron chi connectivity index (χ2n) is 4.81.